The lowest BCUT2D eigenvalue weighted by molar-refractivity contribution is -0.126. The fourth-order valence-electron chi connectivity index (χ4n) is 1.91. The van der Waals surface area contributed by atoms with Gasteiger partial charge in [-0.15, -0.1) is 0 Å². The maximum Gasteiger partial charge on any atom is 0.238 e. The lowest BCUT2D eigenvalue weighted by Gasteiger charge is -2.31. The van der Waals surface area contributed by atoms with Crippen LogP contribution in [0.25, 0.3) is 0 Å². The molecule has 2 heterocycles. The fourth-order valence-corrected chi connectivity index (χ4v) is 1.91. The van der Waals surface area contributed by atoms with Crippen LogP contribution in [0.3, 0.4) is 0 Å². The molecule has 1 atom stereocenters. The molecular weight excluding hydrogens is 216 g/mol. The van der Waals surface area contributed by atoms with E-state index in [2.05, 4.69) is 20.5 Å². The van der Waals surface area contributed by atoms with Gasteiger partial charge in [-0.05, 0) is 24.7 Å². The van der Waals surface area contributed by atoms with Crippen LogP contribution in [0, 0.1) is 0 Å². The van der Waals surface area contributed by atoms with Crippen molar-refractivity contribution in [3.05, 3.63) is 30.1 Å². The van der Waals surface area contributed by atoms with Crippen LogP contribution in [0.15, 0.2) is 24.5 Å². The molecule has 1 fully saturated rings. The SMILES string of the molecule is CN1CCNCC1C(=O)NCc1ccncc1. The number of amides is 1. The van der Waals surface area contributed by atoms with Gasteiger partial charge in [-0.2, -0.15) is 0 Å². The molecule has 2 N–H and O–H groups in total. The van der Waals surface area contributed by atoms with Gasteiger partial charge in [-0.1, -0.05) is 0 Å². The third-order valence-corrected chi connectivity index (χ3v) is 3.03. The second-order valence-corrected chi connectivity index (χ2v) is 4.27. The number of nitrogens with one attached hydrogen (secondary N) is 2. The van der Waals surface area contributed by atoms with E-state index in [9.17, 15) is 4.79 Å². The number of carbonyl (C=O) groups is 1. The minimum atomic E-state index is -0.0643. The second-order valence-electron chi connectivity index (χ2n) is 4.27. The van der Waals surface area contributed by atoms with E-state index in [-0.39, 0.29) is 11.9 Å². The fraction of sp³-hybridized carbons (Fsp3) is 0.500. The molecule has 0 aromatic carbocycles. The number of rotatable bonds is 3. The number of likely N-dealkylation sites (N-methyl/N-ethyl adjacent to an activating group) is 1. The van der Waals surface area contributed by atoms with Gasteiger partial charge in [-0.3, -0.25) is 14.7 Å². The van der Waals surface area contributed by atoms with Gasteiger partial charge in [0.05, 0.1) is 0 Å². The van der Waals surface area contributed by atoms with Gasteiger partial charge in [0.15, 0.2) is 0 Å². The van der Waals surface area contributed by atoms with Crippen LogP contribution in [0.5, 0.6) is 0 Å². The molecule has 17 heavy (non-hydrogen) atoms. The number of carbonyl (C=O) groups excluding carboxylic acids is 1. The lowest BCUT2D eigenvalue weighted by atomic mass is 10.2. The van der Waals surface area contributed by atoms with E-state index in [0.717, 1.165) is 25.2 Å². The number of hydrogen-bond acceptors (Lipinski definition) is 4. The van der Waals surface area contributed by atoms with Gasteiger partial charge in [0.25, 0.3) is 0 Å². The summed E-state index contributed by atoms with van der Waals surface area (Å²) < 4.78 is 0. The number of hydrogen-bond donors (Lipinski definition) is 2. The van der Waals surface area contributed by atoms with Crippen LogP contribution >= 0.6 is 0 Å². The van der Waals surface area contributed by atoms with Crippen LogP contribution in [0.2, 0.25) is 0 Å². The summed E-state index contributed by atoms with van der Waals surface area (Å²) >= 11 is 0. The molecule has 5 nitrogen and oxygen atoms in total. The summed E-state index contributed by atoms with van der Waals surface area (Å²) in [4.78, 5) is 18.0. The van der Waals surface area contributed by atoms with Crippen LogP contribution in [0.4, 0.5) is 0 Å². The zero-order valence-electron chi connectivity index (χ0n) is 10.0. The molecule has 1 unspecified atom stereocenters. The molecule has 0 saturated carbocycles. The first-order chi connectivity index (χ1) is 8.27. The largest absolute Gasteiger partial charge is 0.351 e. The third kappa shape index (κ3) is 3.25. The van der Waals surface area contributed by atoms with Crippen molar-refractivity contribution in [1.82, 2.24) is 20.5 Å². The molecule has 5 heteroatoms. The van der Waals surface area contributed by atoms with E-state index in [4.69, 9.17) is 0 Å². The average Bonchev–Trinajstić information content (AvgIpc) is 2.38. The van der Waals surface area contributed by atoms with Gasteiger partial charge >= 0.3 is 0 Å². The second kappa shape index (κ2) is 5.75. The molecule has 1 aliphatic heterocycles. The van der Waals surface area contributed by atoms with E-state index in [0.29, 0.717) is 6.54 Å². The predicted molar refractivity (Wildman–Crippen MR) is 65.4 cm³/mol. The summed E-state index contributed by atoms with van der Waals surface area (Å²) in [6, 6.07) is 3.75. The molecule has 1 aromatic rings. The van der Waals surface area contributed by atoms with Gasteiger partial charge in [-0.25, -0.2) is 0 Å². The van der Waals surface area contributed by atoms with Crippen molar-refractivity contribution in [3.63, 3.8) is 0 Å². The summed E-state index contributed by atoms with van der Waals surface area (Å²) in [5, 5.41) is 6.18. The molecule has 2 rings (SSSR count). The van der Waals surface area contributed by atoms with Crippen LogP contribution in [-0.2, 0) is 11.3 Å². The summed E-state index contributed by atoms with van der Waals surface area (Å²) in [5.41, 5.74) is 1.07. The molecule has 0 radical (unpaired) electrons. The van der Waals surface area contributed by atoms with Crippen molar-refractivity contribution in [3.8, 4) is 0 Å². The summed E-state index contributed by atoms with van der Waals surface area (Å²) in [5.74, 6) is 0.0801. The predicted octanol–water partition coefficient (Wildman–Crippen LogP) is -0.399. The highest BCUT2D eigenvalue weighted by Crippen LogP contribution is 2.01. The first-order valence-corrected chi connectivity index (χ1v) is 5.85. The maximum absolute atomic E-state index is 12.0. The minimum absolute atomic E-state index is 0.0643. The Morgan fingerprint density at radius 2 is 2.35 bits per heavy atom. The van der Waals surface area contributed by atoms with E-state index in [1.165, 1.54) is 0 Å². The number of nitrogens with zero attached hydrogens (tertiary/aromatic N) is 2. The van der Waals surface area contributed by atoms with Gasteiger partial charge in [0.2, 0.25) is 5.91 Å². The Kier molecular flexibility index (Phi) is 4.06. The zero-order valence-corrected chi connectivity index (χ0v) is 10.0. The Hall–Kier alpha value is -1.46. The summed E-state index contributed by atoms with van der Waals surface area (Å²) in [6.07, 6.45) is 3.46. The van der Waals surface area contributed by atoms with E-state index in [1.807, 2.05) is 19.2 Å². The van der Waals surface area contributed by atoms with Crippen molar-refractivity contribution in [1.29, 1.82) is 0 Å². The minimum Gasteiger partial charge on any atom is -0.351 e. The highest BCUT2D eigenvalue weighted by atomic mass is 16.2. The van der Waals surface area contributed by atoms with E-state index >= 15 is 0 Å². The number of piperazine rings is 1. The normalized spacial score (nSPS) is 21.1. The van der Waals surface area contributed by atoms with Gasteiger partial charge < -0.3 is 10.6 Å². The standard InChI is InChI=1S/C12H18N4O/c1-16-7-6-14-9-11(16)12(17)15-8-10-2-4-13-5-3-10/h2-5,11,14H,6-9H2,1H3,(H,15,17). The van der Waals surface area contributed by atoms with E-state index in [1.54, 1.807) is 12.4 Å². The van der Waals surface area contributed by atoms with Crippen molar-refractivity contribution in [2.45, 2.75) is 12.6 Å². The molecule has 0 bridgehead atoms. The molecule has 1 aliphatic rings. The van der Waals surface area contributed by atoms with Crippen molar-refractivity contribution >= 4 is 5.91 Å². The Bertz CT molecular complexity index is 368. The Morgan fingerprint density at radius 1 is 1.59 bits per heavy atom. The molecule has 1 saturated heterocycles. The quantitative estimate of drug-likeness (QED) is 0.747. The molecule has 0 spiro atoms. The average molecular weight is 234 g/mol. The van der Waals surface area contributed by atoms with Gasteiger partial charge in [0, 0.05) is 38.6 Å². The van der Waals surface area contributed by atoms with Crippen molar-refractivity contribution in [2.75, 3.05) is 26.7 Å². The number of pyridine rings is 1. The highest BCUT2D eigenvalue weighted by molar-refractivity contribution is 5.82. The monoisotopic (exact) mass is 234 g/mol. The maximum atomic E-state index is 12.0. The summed E-state index contributed by atoms with van der Waals surface area (Å²) in [6.45, 7) is 3.14. The third-order valence-electron chi connectivity index (χ3n) is 3.03. The first-order valence-electron chi connectivity index (χ1n) is 5.85. The topological polar surface area (TPSA) is 57.3 Å². The van der Waals surface area contributed by atoms with E-state index < -0.39 is 0 Å². The van der Waals surface area contributed by atoms with Crippen LogP contribution < -0.4 is 10.6 Å². The van der Waals surface area contributed by atoms with Crippen LogP contribution in [0.1, 0.15) is 5.56 Å². The molecule has 0 aliphatic carbocycles. The van der Waals surface area contributed by atoms with Crippen molar-refractivity contribution < 1.29 is 4.79 Å². The highest BCUT2D eigenvalue weighted by Gasteiger charge is 2.25. The van der Waals surface area contributed by atoms with Gasteiger partial charge in [0.1, 0.15) is 6.04 Å². The number of aromatic nitrogens is 1. The molecular formula is C12H18N4O. The first kappa shape index (κ1) is 12.0. The molecule has 1 amide bonds. The summed E-state index contributed by atoms with van der Waals surface area (Å²) in [7, 11) is 1.98. The smallest absolute Gasteiger partial charge is 0.238 e. The Morgan fingerprint density at radius 3 is 3.06 bits per heavy atom. The zero-order chi connectivity index (χ0) is 12.1. The van der Waals surface area contributed by atoms with Crippen LogP contribution in [-0.4, -0.2) is 48.5 Å². The molecule has 1 aromatic heterocycles. The van der Waals surface area contributed by atoms with Crippen molar-refractivity contribution in [2.24, 2.45) is 0 Å². The Balaban J connectivity index is 1.84. The molecule has 92 valence electrons. The Labute approximate surface area is 101 Å². The lowest BCUT2D eigenvalue weighted by Crippen LogP contribution is -2.56.